The van der Waals surface area contributed by atoms with Crippen LogP contribution in [-0.2, 0) is 11.3 Å². The Bertz CT molecular complexity index is 884. The van der Waals surface area contributed by atoms with Crippen LogP contribution in [0.3, 0.4) is 0 Å². The number of amides is 1. The summed E-state index contributed by atoms with van der Waals surface area (Å²) in [6.45, 7) is 1.32. The SMILES string of the molecule is O=C(Nc1ccc(Oc2ccccc2)nc1)[C@@H]1CCCCN1Cc1ncon1. The fraction of sp³-hybridized carbons (Fsp3) is 0.300. The Labute approximate surface area is 162 Å². The molecule has 0 bridgehead atoms. The predicted molar refractivity (Wildman–Crippen MR) is 102 cm³/mol. The molecule has 4 rings (SSSR count). The number of nitrogens with zero attached hydrogens (tertiary/aromatic N) is 4. The first-order chi connectivity index (χ1) is 13.8. The summed E-state index contributed by atoms with van der Waals surface area (Å²) < 4.78 is 10.5. The highest BCUT2D eigenvalue weighted by Crippen LogP contribution is 2.22. The predicted octanol–water partition coefficient (Wildman–Crippen LogP) is 3.25. The van der Waals surface area contributed by atoms with Crippen molar-refractivity contribution < 1.29 is 14.1 Å². The molecule has 1 saturated heterocycles. The van der Waals surface area contributed by atoms with Gasteiger partial charge in [0, 0.05) is 6.07 Å². The molecule has 1 aliphatic rings. The highest BCUT2D eigenvalue weighted by atomic mass is 16.5. The van der Waals surface area contributed by atoms with E-state index in [1.165, 1.54) is 6.39 Å². The number of carbonyl (C=O) groups excluding carboxylic acids is 1. The van der Waals surface area contributed by atoms with E-state index in [1.54, 1.807) is 18.3 Å². The number of ether oxygens (including phenoxy) is 1. The second-order valence-corrected chi connectivity index (χ2v) is 6.62. The standard InChI is InChI=1S/C20H21N5O3/c26-20(17-8-4-5-11-25(17)13-18-22-14-27-24-18)23-15-9-10-19(21-12-15)28-16-6-2-1-3-7-16/h1-3,6-7,9-10,12,14,17H,4-5,8,11,13H2,(H,23,26)/t17-/m0/s1. The summed E-state index contributed by atoms with van der Waals surface area (Å²) >= 11 is 0. The molecule has 1 amide bonds. The van der Waals surface area contributed by atoms with Crippen LogP contribution in [-0.4, -0.2) is 38.5 Å². The zero-order valence-corrected chi connectivity index (χ0v) is 15.3. The van der Waals surface area contributed by atoms with E-state index in [4.69, 9.17) is 9.26 Å². The Kier molecular flexibility index (Phi) is 5.58. The first kappa shape index (κ1) is 18.1. The average molecular weight is 379 g/mol. The minimum absolute atomic E-state index is 0.0540. The molecular weight excluding hydrogens is 358 g/mol. The van der Waals surface area contributed by atoms with Crippen LogP contribution >= 0.6 is 0 Å². The van der Waals surface area contributed by atoms with Crippen LogP contribution < -0.4 is 10.1 Å². The molecule has 28 heavy (non-hydrogen) atoms. The maximum absolute atomic E-state index is 12.8. The van der Waals surface area contributed by atoms with Crippen LogP contribution in [0.4, 0.5) is 5.69 Å². The van der Waals surface area contributed by atoms with Gasteiger partial charge in [0.25, 0.3) is 0 Å². The molecule has 3 aromatic rings. The lowest BCUT2D eigenvalue weighted by Crippen LogP contribution is -2.46. The van der Waals surface area contributed by atoms with E-state index in [0.717, 1.165) is 25.8 Å². The van der Waals surface area contributed by atoms with Crippen LogP contribution in [0.15, 0.2) is 59.6 Å². The van der Waals surface area contributed by atoms with Crippen molar-refractivity contribution in [3.63, 3.8) is 0 Å². The number of piperidine rings is 1. The molecule has 1 N–H and O–H groups in total. The maximum Gasteiger partial charge on any atom is 0.241 e. The molecule has 1 atom stereocenters. The minimum atomic E-state index is -0.229. The number of carbonyl (C=O) groups is 1. The number of aromatic nitrogens is 3. The molecule has 0 saturated carbocycles. The van der Waals surface area contributed by atoms with Gasteiger partial charge in [-0.3, -0.25) is 9.69 Å². The quantitative estimate of drug-likeness (QED) is 0.702. The minimum Gasteiger partial charge on any atom is -0.439 e. The summed E-state index contributed by atoms with van der Waals surface area (Å²) in [5.74, 6) is 1.72. The Balaban J connectivity index is 1.37. The van der Waals surface area contributed by atoms with Crippen LogP contribution in [0.25, 0.3) is 0 Å². The first-order valence-electron chi connectivity index (χ1n) is 9.27. The van der Waals surface area contributed by atoms with Gasteiger partial charge in [0.1, 0.15) is 5.75 Å². The molecule has 144 valence electrons. The van der Waals surface area contributed by atoms with E-state index in [1.807, 2.05) is 30.3 Å². The van der Waals surface area contributed by atoms with Gasteiger partial charge in [0.2, 0.25) is 18.2 Å². The zero-order chi connectivity index (χ0) is 19.2. The van der Waals surface area contributed by atoms with Crippen LogP contribution in [0.5, 0.6) is 11.6 Å². The van der Waals surface area contributed by atoms with Crippen molar-refractivity contribution >= 4 is 11.6 Å². The first-order valence-corrected chi connectivity index (χ1v) is 9.27. The molecule has 8 heteroatoms. The number of hydrogen-bond donors (Lipinski definition) is 1. The number of nitrogens with one attached hydrogen (secondary N) is 1. The molecule has 0 radical (unpaired) electrons. The Morgan fingerprint density at radius 3 is 2.82 bits per heavy atom. The van der Waals surface area contributed by atoms with Gasteiger partial charge >= 0.3 is 0 Å². The van der Waals surface area contributed by atoms with Gasteiger partial charge in [0.15, 0.2) is 5.82 Å². The van der Waals surface area contributed by atoms with Crippen molar-refractivity contribution in [3.8, 4) is 11.6 Å². The lowest BCUT2D eigenvalue weighted by atomic mass is 10.0. The van der Waals surface area contributed by atoms with Crippen LogP contribution in [0.2, 0.25) is 0 Å². The number of rotatable bonds is 6. The van der Waals surface area contributed by atoms with E-state index < -0.39 is 0 Å². The molecule has 3 heterocycles. The van der Waals surface area contributed by atoms with Crippen molar-refractivity contribution in [2.24, 2.45) is 0 Å². The second-order valence-electron chi connectivity index (χ2n) is 6.62. The Morgan fingerprint density at radius 1 is 1.18 bits per heavy atom. The molecule has 0 aliphatic carbocycles. The normalized spacial score (nSPS) is 17.2. The van der Waals surface area contributed by atoms with Gasteiger partial charge in [-0.1, -0.05) is 29.8 Å². The van der Waals surface area contributed by atoms with E-state index in [-0.39, 0.29) is 11.9 Å². The molecule has 1 aliphatic heterocycles. The van der Waals surface area contributed by atoms with E-state index >= 15 is 0 Å². The third-order valence-corrected chi connectivity index (χ3v) is 4.64. The lowest BCUT2D eigenvalue weighted by molar-refractivity contribution is -0.122. The van der Waals surface area contributed by atoms with Gasteiger partial charge in [-0.05, 0) is 37.6 Å². The second kappa shape index (κ2) is 8.62. The molecule has 1 fully saturated rings. The third kappa shape index (κ3) is 4.52. The van der Waals surface area contributed by atoms with Gasteiger partial charge in [-0.25, -0.2) is 4.98 Å². The lowest BCUT2D eigenvalue weighted by Gasteiger charge is -2.33. The zero-order valence-electron chi connectivity index (χ0n) is 15.3. The molecular formula is C20H21N5O3. The van der Waals surface area contributed by atoms with Crippen LogP contribution in [0.1, 0.15) is 25.1 Å². The highest BCUT2D eigenvalue weighted by molar-refractivity contribution is 5.94. The average Bonchev–Trinajstić information content (AvgIpc) is 3.24. The summed E-state index contributed by atoms with van der Waals surface area (Å²) in [5.41, 5.74) is 0.635. The van der Waals surface area contributed by atoms with Crippen molar-refractivity contribution in [2.75, 3.05) is 11.9 Å². The number of anilines is 1. The number of pyridine rings is 1. The van der Waals surface area contributed by atoms with Gasteiger partial charge < -0.3 is 14.6 Å². The van der Waals surface area contributed by atoms with Crippen molar-refractivity contribution in [1.82, 2.24) is 20.0 Å². The molecule has 0 unspecified atom stereocenters. The Morgan fingerprint density at radius 2 is 2.07 bits per heavy atom. The largest absolute Gasteiger partial charge is 0.439 e. The summed E-state index contributed by atoms with van der Waals surface area (Å²) in [5, 5.41) is 6.80. The number of hydrogen-bond acceptors (Lipinski definition) is 7. The van der Waals surface area contributed by atoms with Gasteiger partial charge in [-0.15, -0.1) is 0 Å². The number of para-hydroxylation sites is 1. The summed E-state index contributed by atoms with van der Waals surface area (Å²) in [4.78, 5) is 23.2. The summed E-state index contributed by atoms with van der Waals surface area (Å²) in [6, 6.07) is 12.7. The van der Waals surface area contributed by atoms with Crippen molar-refractivity contribution in [1.29, 1.82) is 0 Å². The third-order valence-electron chi connectivity index (χ3n) is 4.64. The van der Waals surface area contributed by atoms with Gasteiger partial charge in [-0.2, -0.15) is 4.98 Å². The highest BCUT2D eigenvalue weighted by Gasteiger charge is 2.29. The summed E-state index contributed by atoms with van der Waals surface area (Å²) in [7, 11) is 0. The van der Waals surface area contributed by atoms with Crippen molar-refractivity contribution in [3.05, 3.63) is 60.9 Å². The van der Waals surface area contributed by atoms with E-state index in [9.17, 15) is 4.79 Å². The fourth-order valence-corrected chi connectivity index (χ4v) is 3.27. The number of benzene rings is 1. The number of likely N-dealkylation sites (tertiary alicyclic amines) is 1. The maximum atomic E-state index is 12.8. The Hall–Kier alpha value is -3.26. The topological polar surface area (TPSA) is 93.4 Å². The monoisotopic (exact) mass is 379 g/mol. The molecule has 2 aromatic heterocycles. The van der Waals surface area contributed by atoms with Gasteiger partial charge in [0.05, 0.1) is 24.5 Å². The van der Waals surface area contributed by atoms with E-state index in [0.29, 0.717) is 29.7 Å². The smallest absolute Gasteiger partial charge is 0.241 e. The molecule has 8 nitrogen and oxygen atoms in total. The molecule has 0 spiro atoms. The summed E-state index contributed by atoms with van der Waals surface area (Å²) in [6.07, 6.45) is 5.77. The van der Waals surface area contributed by atoms with E-state index in [2.05, 4.69) is 25.3 Å². The fourth-order valence-electron chi connectivity index (χ4n) is 3.27. The van der Waals surface area contributed by atoms with Crippen LogP contribution in [0, 0.1) is 0 Å². The van der Waals surface area contributed by atoms with Crippen molar-refractivity contribution in [2.45, 2.75) is 31.8 Å². The molecule has 1 aromatic carbocycles.